The number of likely N-dealkylation sites (N-methyl/N-ethyl adjacent to an activating group) is 1. The highest BCUT2D eigenvalue weighted by molar-refractivity contribution is 6.30. The zero-order chi connectivity index (χ0) is 12.1. The lowest BCUT2D eigenvalue weighted by molar-refractivity contribution is -0.120. The van der Waals surface area contributed by atoms with E-state index in [2.05, 4.69) is 5.32 Å². The first-order valence-corrected chi connectivity index (χ1v) is 5.29. The number of carbonyl (C=O) groups excluding carboxylic acids is 1. The second-order valence-electron chi connectivity index (χ2n) is 3.22. The third kappa shape index (κ3) is 3.17. The monoisotopic (exact) mass is 247 g/mol. The second kappa shape index (κ2) is 5.80. The van der Waals surface area contributed by atoms with Crippen LogP contribution in [0.1, 0.15) is 29.9 Å². The van der Waals surface area contributed by atoms with Gasteiger partial charge in [0.05, 0.1) is 0 Å². The molecule has 0 aliphatic rings. The van der Waals surface area contributed by atoms with Crippen LogP contribution >= 0.6 is 11.6 Å². The van der Waals surface area contributed by atoms with Crippen molar-refractivity contribution in [1.29, 1.82) is 0 Å². The third-order valence-electron chi connectivity index (χ3n) is 2.06. The lowest BCUT2D eigenvalue weighted by Gasteiger charge is -2.10. The smallest absolute Gasteiger partial charge is 0.263 e. The van der Waals surface area contributed by atoms with Gasteiger partial charge in [0.1, 0.15) is 5.38 Å². The van der Waals surface area contributed by atoms with Crippen LogP contribution in [0.5, 0.6) is 0 Å². The van der Waals surface area contributed by atoms with Gasteiger partial charge in [0.2, 0.25) is 5.91 Å². The van der Waals surface area contributed by atoms with E-state index in [1.807, 2.05) is 0 Å². The van der Waals surface area contributed by atoms with Crippen LogP contribution in [0.3, 0.4) is 0 Å². The number of alkyl halides is 3. The summed E-state index contributed by atoms with van der Waals surface area (Å²) in [5.74, 6) is -0.325. The summed E-state index contributed by atoms with van der Waals surface area (Å²) in [6.07, 6.45) is -2.51. The molecule has 0 radical (unpaired) electrons. The molecule has 16 heavy (non-hydrogen) atoms. The Bertz CT molecular complexity index is 354. The summed E-state index contributed by atoms with van der Waals surface area (Å²) < 4.78 is 24.5. The average molecular weight is 248 g/mol. The van der Waals surface area contributed by atoms with Crippen molar-refractivity contribution in [2.45, 2.75) is 18.7 Å². The summed E-state index contributed by atoms with van der Waals surface area (Å²) >= 11 is 5.87. The first-order chi connectivity index (χ1) is 7.56. The molecule has 1 N–H and O–H groups in total. The van der Waals surface area contributed by atoms with Gasteiger partial charge in [-0.25, -0.2) is 8.78 Å². The minimum Gasteiger partial charge on any atom is -0.355 e. The van der Waals surface area contributed by atoms with Crippen LogP contribution in [0.15, 0.2) is 24.3 Å². The number of benzene rings is 1. The first-order valence-electron chi connectivity index (χ1n) is 4.86. The Labute approximate surface area is 97.6 Å². The SMILES string of the molecule is CCNC(=O)C(Cl)c1ccc(C(F)F)cc1. The molecule has 1 rings (SSSR count). The van der Waals surface area contributed by atoms with Gasteiger partial charge in [-0.05, 0) is 12.5 Å². The van der Waals surface area contributed by atoms with Crippen molar-refractivity contribution in [2.75, 3.05) is 6.54 Å². The highest BCUT2D eigenvalue weighted by atomic mass is 35.5. The Morgan fingerprint density at radius 2 is 1.81 bits per heavy atom. The Hall–Kier alpha value is -1.16. The van der Waals surface area contributed by atoms with Crippen molar-refractivity contribution in [3.8, 4) is 0 Å². The lowest BCUT2D eigenvalue weighted by Crippen LogP contribution is -2.26. The van der Waals surface area contributed by atoms with Crippen molar-refractivity contribution in [2.24, 2.45) is 0 Å². The fourth-order valence-corrected chi connectivity index (χ4v) is 1.45. The van der Waals surface area contributed by atoms with E-state index in [0.29, 0.717) is 12.1 Å². The van der Waals surface area contributed by atoms with E-state index in [4.69, 9.17) is 11.6 Å². The van der Waals surface area contributed by atoms with Gasteiger partial charge in [0.15, 0.2) is 0 Å². The van der Waals surface area contributed by atoms with Gasteiger partial charge < -0.3 is 5.32 Å². The van der Waals surface area contributed by atoms with Crippen LogP contribution in [0.4, 0.5) is 8.78 Å². The predicted octanol–water partition coefficient (Wildman–Crippen LogP) is 3.04. The van der Waals surface area contributed by atoms with Gasteiger partial charge in [-0.1, -0.05) is 24.3 Å². The summed E-state index contributed by atoms with van der Waals surface area (Å²) in [6, 6.07) is 5.42. The molecule has 88 valence electrons. The van der Waals surface area contributed by atoms with Gasteiger partial charge in [-0.15, -0.1) is 11.6 Å². The van der Waals surface area contributed by atoms with Gasteiger partial charge >= 0.3 is 0 Å². The highest BCUT2D eigenvalue weighted by Gasteiger charge is 2.17. The zero-order valence-corrected chi connectivity index (χ0v) is 9.47. The van der Waals surface area contributed by atoms with Gasteiger partial charge in [0, 0.05) is 12.1 Å². The fourth-order valence-electron chi connectivity index (χ4n) is 1.23. The third-order valence-corrected chi connectivity index (χ3v) is 2.51. The maximum absolute atomic E-state index is 12.3. The molecule has 0 bridgehead atoms. The maximum atomic E-state index is 12.3. The number of nitrogens with one attached hydrogen (secondary N) is 1. The molecular formula is C11H12ClF2NO. The Morgan fingerprint density at radius 3 is 2.25 bits per heavy atom. The second-order valence-corrected chi connectivity index (χ2v) is 3.66. The van der Waals surface area contributed by atoms with Crippen LogP contribution in [0, 0.1) is 0 Å². The number of halogens is 3. The largest absolute Gasteiger partial charge is 0.355 e. The first kappa shape index (κ1) is 12.9. The van der Waals surface area contributed by atoms with Crippen molar-refractivity contribution < 1.29 is 13.6 Å². The average Bonchev–Trinajstić information content (AvgIpc) is 2.28. The molecule has 1 aromatic carbocycles. The van der Waals surface area contributed by atoms with E-state index in [0.717, 1.165) is 0 Å². The fraction of sp³-hybridized carbons (Fsp3) is 0.364. The van der Waals surface area contributed by atoms with Crippen molar-refractivity contribution in [3.63, 3.8) is 0 Å². The highest BCUT2D eigenvalue weighted by Crippen LogP contribution is 2.24. The van der Waals surface area contributed by atoms with E-state index >= 15 is 0 Å². The number of hydrogen-bond donors (Lipinski definition) is 1. The molecule has 2 nitrogen and oxygen atoms in total. The quantitative estimate of drug-likeness (QED) is 0.814. The number of carbonyl (C=O) groups is 1. The molecule has 5 heteroatoms. The Kier molecular flexibility index (Phi) is 4.68. The summed E-state index contributed by atoms with van der Waals surface area (Å²) in [6.45, 7) is 2.26. The molecule has 0 saturated carbocycles. The van der Waals surface area contributed by atoms with Crippen LogP contribution in [0.2, 0.25) is 0 Å². The minimum absolute atomic E-state index is 0.0801. The maximum Gasteiger partial charge on any atom is 0.263 e. The van der Waals surface area contributed by atoms with Crippen LogP contribution in [0.25, 0.3) is 0 Å². The van der Waals surface area contributed by atoms with E-state index < -0.39 is 11.8 Å². The Morgan fingerprint density at radius 1 is 1.31 bits per heavy atom. The minimum atomic E-state index is -2.51. The molecule has 0 saturated heterocycles. The van der Waals surface area contributed by atoms with E-state index in [1.165, 1.54) is 24.3 Å². The molecule has 0 aliphatic carbocycles. The van der Waals surface area contributed by atoms with Gasteiger partial charge in [0.25, 0.3) is 6.43 Å². The molecule has 0 aromatic heterocycles. The van der Waals surface area contributed by atoms with Gasteiger partial charge in [-0.2, -0.15) is 0 Å². The van der Waals surface area contributed by atoms with E-state index in [9.17, 15) is 13.6 Å². The van der Waals surface area contributed by atoms with Crippen molar-refractivity contribution in [1.82, 2.24) is 5.32 Å². The van der Waals surface area contributed by atoms with Crippen LogP contribution in [-0.2, 0) is 4.79 Å². The summed E-state index contributed by atoms with van der Waals surface area (Å²) in [5, 5.41) is 1.72. The van der Waals surface area contributed by atoms with E-state index in [-0.39, 0.29) is 11.5 Å². The standard InChI is InChI=1S/C11H12ClF2NO/c1-2-15-11(16)9(12)7-3-5-8(6-4-7)10(13)14/h3-6,9-10H,2H2,1H3,(H,15,16). The summed E-state index contributed by atoms with van der Waals surface area (Å²) in [5.41, 5.74) is 0.431. The van der Waals surface area contributed by atoms with Crippen LogP contribution < -0.4 is 5.32 Å². The summed E-state index contributed by atoms with van der Waals surface area (Å²) in [7, 11) is 0. The van der Waals surface area contributed by atoms with Crippen LogP contribution in [-0.4, -0.2) is 12.5 Å². The molecule has 0 aliphatic heterocycles. The number of amides is 1. The zero-order valence-electron chi connectivity index (χ0n) is 8.71. The molecule has 0 spiro atoms. The molecule has 0 heterocycles. The molecule has 0 fully saturated rings. The number of rotatable bonds is 4. The predicted molar refractivity (Wildman–Crippen MR) is 58.7 cm³/mol. The molecule has 1 amide bonds. The molecule has 1 aromatic rings. The number of hydrogen-bond acceptors (Lipinski definition) is 1. The van der Waals surface area contributed by atoms with Crippen molar-refractivity contribution in [3.05, 3.63) is 35.4 Å². The van der Waals surface area contributed by atoms with Crippen molar-refractivity contribution >= 4 is 17.5 Å². The Balaban J connectivity index is 2.77. The molecule has 1 unspecified atom stereocenters. The lowest BCUT2D eigenvalue weighted by atomic mass is 10.1. The molecule has 1 atom stereocenters. The summed E-state index contributed by atoms with van der Waals surface area (Å²) in [4.78, 5) is 11.4. The normalized spacial score (nSPS) is 12.6. The topological polar surface area (TPSA) is 29.1 Å². The van der Waals surface area contributed by atoms with Gasteiger partial charge in [-0.3, -0.25) is 4.79 Å². The van der Waals surface area contributed by atoms with E-state index in [1.54, 1.807) is 6.92 Å². The molecular weight excluding hydrogens is 236 g/mol.